The Bertz CT molecular complexity index is 576. The van der Waals surface area contributed by atoms with E-state index in [9.17, 15) is 8.42 Å². The van der Waals surface area contributed by atoms with Crippen LogP contribution in [0.15, 0.2) is 34.1 Å². The lowest BCUT2D eigenvalue weighted by Crippen LogP contribution is -2.41. The number of piperidine rings is 1. The molecular weight excluding hydrogens is 356 g/mol. The molecule has 0 unspecified atom stereocenters. The van der Waals surface area contributed by atoms with Crippen molar-refractivity contribution in [3.05, 3.63) is 24.3 Å². The van der Waals surface area contributed by atoms with Crippen LogP contribution in [0.5, 0.6) is 0 Å². The van der Waals surface area contributed by atoms with E-state index in [-0.39, 0.29) is 18.5 Å². The van der Waals surface area contributed by atoms with Crippen LogP contribution in [-0.4, -0.2) is 51.3 Å². The largest absolute Gasteiger partial charge is 0.378 e. The van der Waals surface area contributed by atoms with Gasteiger partial charge in [-0.1, -0.05) is 12.1 Å². The zero-order chi connectivity index (χ0) is 16.0. The van der Waals surface area contributed by atoms with E-state index in [1.54, 1.807) is 16.4 Å². The second-order valence-electron chi connectivity index (χ2n) is 5.27. The predicted octanol–water partition coefficient (Wildman–Crippen LogP) is 2.35. The average molecular weight is 381 g/mol. The maximum atomic E-state index is 12.8. The Balaban J connectivity index is 0.00000264. The maximum absolute atomic E-state index is 12.8. The van der Waals surface area contributed by atoms with Crippen LogP contribution >= 0.6 is 24.2 Å². The molecule has 1 aliphatic heterocycles. The van der Waals surface area contributed by atoms with E-state index >= 15 is 0 Å². The van der Waals surface area contributed by atoms with Gasteiger partial charge in [0.25, 0.3) is 0 Å². The summed E-state index contributed by atoms with van der Waals surface area (Å²) in [6, 6.07) is 7.17. The highest BCUT2D eigenvalue weighted by atomic mass is 35.5. The van der Waals surface area contributed by atoms with E-state index in [0.29, 0.717) is 31.1 Å². The summed E-state index contributed by atoms with van der Waals surface area (Å²) in [5, 5.41) is 0. The molecule has 0 amide bonds. The fourth-order valence-corrected chi connectivity index (χ4v) is 5.14. The Morgan fingerprint density at radius 2 is 1.96 bits per heavy atom. The number of benzene rings is 1. The second-order valence-corrected chi connectivity index (χ2v) is 8.02. The molecule has 2 N–H and O–H groups in total. The van der Waals surface area contributed by atoms with Gasteiger partial charge < -0.3 is 10.5 Å². The minimum Gasteiger partial charge on any atom is -0.378 e. The summed E-state index contributed by atoms with van der Waals surface area (Å²) in [4.78, 5) is 1.20. The van der Waals surface area contributed by atoms with Crippen molar-refractivity contribution in [2.45, 2.75) is 35.2 Å². The first-order chi connectivity index (χ1) is 10.6. The van der Waals surface area contributed by atoms with Gasteiger partial charge in [-0.3, -0.25) is 0 Å². The van der Waals surface area contributed by atoms with Gasteiger partial charge in [0.15, 0.2) is 0 Å². The molecule has 1 aliphatic rings. The zero-order valence-corrected chi connectivity index (χ0v) is 15.8. The molecule has 0 bridgehead atoms. The summed E-state index contributed by atoms with van der Waals surface area (Å²) in [6.45, 7) is 2.30. The van der Waals surface area contributed by atoms with Crippen LogP contribution in [0.25, 0.3) is 0 Å². The third-order valence-electron chi connectivity index (χ3n) is 3.79. The second kappa shape index (κ2) is 9.86. The zero-order valence-electron chi connectivity index (χ0n) is 13.3. The van der Waals surface area contributed by atoms with E-state index in [1.165, 1.54) is 11.8 Å². The molecule has 1 heterocycles. The van der Waals surface area contributed by atoms with Crippen molar-refractivity contribution in [3.63, 3.8) is 0 Å². The van der Waals surface area contributed by atoms with E-state index in [1.807, 2.05) is 18.4 Å². The normalized spacial score (nSPS) is 17.0. The van der Waals surface area contributed by atoms with Crippen molar-refractivity contribution in [1.29, 1.82) is 0 Å². The summed E-state index contributed by atoms with van der Waals surface area (Å²) in [5.74, 6) is 0. The Labute approximate surface area is 149 Å². The molecule has 0 spiro atoms. The van der Waals surface area contributed by atoms with Gasteiger partial charge in [-0.15, -0.1) is 24.2 Å². The number of rotatable bonds is 7. The summed E-state index contributed by atoms with van der Waals surface area (Å²) < 4.78 is 32.9. The van der Waals surface area contributed by atoms with E-state index in [2.05, 4.69) is 0 Å². The molecule has 0 saturated carbocycles. The first kappa shape index (κ1) is 20.7. The van der Waals surface area contributed by atoms with Crippen molar-refractivity contribution in [2.75, 3.05) is 32.5 Å². The summed E-state index contributed by atoms with van der Waals surface area (Å²) >= 11 is 1.46. The van der Waals surface area contributed by atoms with Gasteiger partial charge in [0.1, 0.15) is 0 Å². The molecule has 132 valence electrons. The molecule has 1 fully saturated rings. The number of ether oxygens (including phenoxy) is 1. The third kappa shape index (κ3) is 5.34. The molecule has 5 nitrogen and oxygen atoms in total. The third-order valence-corrected chi connectivity index (χ3v) is 6.67. The molecule has 0 aromatic heterocycles. The highest BCUT2D eigenvalue weighted by Gasteiger charge is 2.30. The number of thioether (sulfide) groups is 1. The molecular formula is C15H25ClN2O3S2. The molecule has 23 heavy (non-hydrogen) atoms. The topological polar surface area (TPSA) is 72.6 Å². The molecule has 0 radical (unpaired) electrons. The number of nitrogens with two attached hydrogens (primary N) is 1. The van der Waals surface area contributed by atoms with Gasteiger partial charge in [0, 0.05) is 24.6 Å². The van der Waals surface area contributed by atoms with Crippen LogP contribution in [-0.2, 0) is 14.8 Å². The molecule has 0 aliphatic carbocycles. The number of hydrogen-bond donors (Lipinski definition) is 1. The van der Waals surface area contributed by atoms with Gasteiger partial charge in [-0.25, -0.2) is 8.42 Å². The van der Waals surface area contributed by atoms with E-state index in [0.717, 1.165) is 24.2 Å². The average Bonchev–Trinajstić information content (AvgIpc) is 2.55. The molecule has 2 rings (SSSR count). The minimum atomic E-state index is -3.42. The van der Waals surface area contributed by atoms with Crippen molar-refractivity contribution < 1.29 is 13.2 Å². The number of halogens is 1. The quantitative estimate of drug-likeness (QED) is 0.580. The lowest BCUT2D eigenvalue weighted by Gasteiger charge is -2.31. The molecule has 8 heteroatoms. The van der Waals surface area contributed by atoms with Crippen LogP contribution in [0.4, 0.5) is 0 Å². The summed E-state index contributed by atoms with van der Waals surface area (Å²) in [5.41, 5.74) is 5.45. The standard InChI is InChI=1S/C15H24N2O3S2.ClH/c1-21-14-5-2-3-6-15(14)22(18,19)17-10-7-13(8-11-17)20-12-4-9-16;/h2-3,5-6,13H,4,7-12,16H2,1H3;1H. The lowest BCUT2D eigenvalue weighted by atomic mass is 10.1. The van der Waals surface area contributed by atoms with Crippen LogP contribution in [0.1, 0.15) is 19.3 Å². The predicted molar refractivity (Wildman–Crippen MR) is 96.9 cm³/mol. The van der Waals surface area contributed by atoms with Gasteiger partial charge in [-0.2, -0.15) is 4.31 Å². The fraction of sp³-hybridized carbons (Fsp3) is 0.600. The lowest BCUT2D eigenvalue weighted by molar-refractivity contribution is 0.0208. The Kier molecular flexibility index (Phi) is 8.89. The van der Waals surface area contributed by atoms with Crippen molar-refractivity contribution in [3.8, 4) is 0 Å². The minimum absolute atomic E-state index is 0. The first-order valence-electron chi connectivity index (χ1n) is 7.54. The highest BCUT2D eigenvalue weighted by Crippen LogP contribution is 2.29. The number of nitrogens with zero attached hydrogens (tertiary/aromatic N) is 1. The Morgan fingerprint density at radius 3 is 2.57 bits per heavy atom. The van der Waals surface area contributed by atoms with Crippen molar-refractivity contribution in [2.24, 2.45) is 5.73 Å². The summed E-state index contributed by atoms with van der Waals surface area (Å²) in [6.07, 6.45) is 4.37. The van der Waals surface area contributed by atoms with Crippen LogP contribution in [0.2, 0.25) is 0 Å². The monoisotopic (exact) mass is 380 g/mol. The Hall–Kier alpha value is -0.310. The summed E-state index contributed by atoms with van der Waals surface area (Å²) in [7, 11) is -3.42. The highest BCUT2D eigenvalue weighted by molar-refractivity contribution is 7.99. The SMILES string of the molecule is CSc1ccccc1S(=O)(=O)N1CCC(OCCCN)CC1.Cl. The van der Waals surface area contributed by atoms with Gasteiger partial charge in [-0.05, 0) is 44.2 Å². The first-order valence-corrected chi connectivity index (χ1v) is 10.2. The van der Waals surface area contributed by atoms with Gasteiger partial charge in [0.2, 0.25) is 10.0 Å². The molecule has 1 saturated heterocycles. The van der Waals surface area contributed by atoms with Gasteiger partial charge >= 0.3 is 0 Å². The molecule has 1 aromatic rings. The number of sulfonamides is 1. The smallest absolute Gasteiger partial charge is 0.244 e. The van der Waals surface area contributed by atoms with Crippen molar-refractivity contribution >= 4 is 34.2 Å². The molecule has 1 aromatic carbocycles. The van der Waals surface area contributed by atoms with E-state index in [4.69, 9.17) is 10.5 Å². The Morgan fingerprint density at radius 1 is 1.30 bits per heavy atom. The fourth-order valence-electron chi connectivity index (χ4n) is 2.54. The van der Waals surface area contributed by atoms with Crippen molar-refractivity contribution in [1.82, 2.24) is 4.31 Å². The molecule has 0 atom stereocenters. The maximum Gasteiger partial charge on any atom is 0.244 e. The van der Waals surface area contributed by atoms with Crippen LogP contribution in [0.3, 0.4) is 0 Å². The van der Waals surface area contributed by atoms with Crippen LogP contribution < -0.4 is 5.73 Å². The van der Waals surface area contributed by atoms with E-state index < -0.39 is 10.0 Å². The van der Waals surface area contributed by atoms with Gasteiger partial charge in [0.05, 0.1) is 11.0 Å². The number of hydrogen-bond acceptors (Lipinski definition) is 5. The van der Waals surface area contributed by atoms with Crippen LogP contribution in [0, 0.1) is 0 Å².